The van der Waals surface area contributed by atoms with Gasteiger partial charge in [0.15, 0.2) is 0 Å². The number of ether oxygens (including phenoxy) is 1. The molecular formula is C25H29ClO5. The second kappa shape index (κ2) is 9.70. The van der Waals surface area contributed by atoms with Crippen molar-refractivity contribution in [2.45, 2.75) is 57.7 Å². The maximum absolute atomic E-state index is 10.4. The lowest BCUT2D eigenvalue weighted by Gasteiger charge is -2.40. The largest absolute Gasteiger partial charge is 0.394 e. The SMILES string of the molecule is CC(C)(C)C#Cc1ccc(Cc2cc([C@@H]3OC(CO)[C@@H](O)[C@H](O)[C@H]3O)ccc2Cl)cc1. The number of benzene rings is 2. The van der Waals surface area contributed by atoms with Crippen LogP contribution >= 0.6 is 11.6 Å². The summed E-state index contributed by atoms with van der Waals surface area (Å²) in [5, 5.41) is 40.5. The molecule has 0 saturated carbocycles. The van der Waals surface area contributed by atoms with Gasteiger partial charge in [-0.3, -0.25) is 0 Å². The van der Waals surface area contributed by atoms with E-state index in [1.54, 1.807) is 12.1 Å². The van der Waals surface area contributed by atoms with Gasteiger partial charge in [-0.15, -0.1) is 0 Å². The number of rotatable bonds is 4. The molecule has 166 valence electrons. The zero-order chi connectivity index (χ0) is 22.8. The summed E-state index contributed by atoms with van der Waals surface area (Å²) in [5.41, 5.74) is 3.39. The Morgan fingerprint density at radius 2 is 1.65 bits per heavy atom. The van der Waals surface area contributed by atoms with Gasteiger partial charge in [-0.05, 0) is 62.1 Å². The molecule has 5 atom stereocenters. The van der Waals surface area contributed by atoms with Gasteiger partial charge < -0.3 is 25.2 Å². The van der Waals surface area contributed by atoms with Crippen molar-refractivity contribution in [3.8, 4) is 11.8 Å². The Labute approximate surface area is 188 Å². The van der Waals surface area contributed by atoms with Gasteiger partial charge in [0.25, 0.3) is 0 Å². The Balaban J connectivity index is 1.81. The zero-order valence-electron chi connectivity index (χ0n) is 17.9. The van der Waals surface area contributed by atoms with E-state index in [4.69, 9.17) is 16.3 Å². The summed E-state index contributed by atoms with van der Waals surface area (Å²) in [5.74, 6) is 6.39. The zero-order valence-corrected chi connectivity index (χ0v) is 18.7. The van der Waals surface area contributed by atoms with Crippen molar-refractivity contribution in [3.05, 3.63) is 69.7 Å². The van der Waals surface area contributed by atoms with Crippen molar-refractivity contribution in [1.82, 2.24) is 0 Å². The van der Waals surface area contributed by atoms with Crippen LogP contribution in [0.2, 0.25) is 5.02 Å². The predicted molar refractivity (Wildman–Crippen MR) is 120 cm³/mol. The van der Waals surface area contributed by atoms with Gasteiger partial charge in [0.05, 0.1) is 6.61 Å². The molecule has 6 heteroatoms. The predicted octanol–water partition coefficient (Wildman–Crippen LogP) is 2.84. The molecule has 31 heavy (non-hydrogen) atoms. The maximum Gasteiger partial charge on any atom is 0.113 e. The Bertz CT molecular complexity index is 953. The number of hydrogen-bond donors (Lipinski definition) is 4. The molecule has 1 fully saturated rings. The average molecular weight is 445 g/mol. The third-order valence-electron chi connectivity index (χ3n) is 5.22. The number of halogens is 1. The smallest absolute Gasteiger partial charge is 0.113 e. The van der Waals surface area contributed by atoms with E-state index in [9.17, 15) is 20.4 Å². The molecule has 0 spiro atoms. The lowest BCUT2D eigenvalue weighted by atomic mass is 9.90. The molecule has 1 unspecified atom stereocenters. The monoisotopic (exact) mass is 444 g/mol. The fourth-order valence-electron chi connectivity index (χ4n) is 3.47. The summed E-state index contributed by atoms with van der Waals surface area (Å²) in [4.78, 5) is 0. The van der Waals surface area contributed by atoms with Crippen molar-refractivity contribution >= 4 is 11.6 Å². The van der Waals surface area contributed by atoms with E-state index in [0.29, 0.717) is 17.0 Å². The first-order valence-corrected chi connectivity index (χ1v) is 10.7. The highest BCUT2D eigenvalue weighted by molar-refractivity contribution is 6.31. The number of aliphatic hydroxyl groups is 4. The van der Waals surface area contributed by atoms with Crippen molar-refractivity contribution in [3.63, 3.8) is 0 Å². The first kappa shape index (κ1) is 23.7. The molecule has 0 aliphatic carbocycles. The molecule has 2 aromatic carbocycles. The van der Waals surface area contributed by atoms with Gasteiger partial charge in [0.2, 0.25) is 0 Å². The number of hydrogen-bond acceptors (Lipinski definition) is 5. The van der Waals surface area contributed by atoms with Crippen LogP contribution in [0, 0.1) is 17.3 Å². The van der Waals surface area contributed by atoms with Crippen LogP contribution in [0.4, 0.5) is 0 Å². The van der Waals surface area contributed by atoms with Gasteiger partial charge in [0.1, 0.15) is 30.5 Å². The lowest BCUT2D eigenvalue weighted by molar-refractivity contribution is -0.231. The second-order valence-corrected chi connectivity index (χ2v) is 9.38. The first-order chi connectivity index (χ1) is 14.6. The van der Waals surface area contributed by atoms with E-state index in [1.165, 1.54) is 0 Å². The van der Waals surface area contributed by atoms with Gasteiger partial charge >= 0.3 is 0 Å². The van der Waals surface area contributed by atoms with E-state index in [-0.39, 0.29) is 5.41 Å². The van der Waals surface area contributed by atoms with Crippen LogP contribution < -0.4 is 0 Å². The summed E-state index contributed by atoms with van der Waals surface area (Å²) in [7, 11) is 0. The summed E-state index contributed by atoms with van der Waals surface area (Å²) < 4.78 is 5.66. The topological polar surface area (TPSA) is 90.2 Å². The molecule has 0 bridgehead atoms. The van der Waals surface area contributed by atoms with Crippen molar-refractivity contribution in [2.75, 3.05) is 6.61 Å². The quantitative estimate of drug-likeness (QED) is 0.544. The maximum atomic E-state index is 10.4. The molecule has 2 aromatic rings. The van der Waals surface area contributed by atoms with Crippen LogP contribution in [0.15, 0.2) is 42.5 Å². The molecule has 1 saturated heterocycles. The second-order valence-electron chi connectivity index (χ2n) is 8.97. The number of aliphatic hydroxyl groups excluding tert-OH is 4. The Morgan fingerprint density at radius 3 is 2.26 bits per heavy atom. The third kappa shape index (κ3) is 5.87. The van der Waals surface area contributed by atoms with E-state index < -0.39 is 37.1 Å². The van der Waals surface area contributed by atoms with Crippen molar-refractivity contribution in [1.29, 1.82) is 0 Å². The third-order valence-corrected chi connectivity index (χ3v) is 5.59. The van der Waals surface area contributed by atoms with Gasteiger partial charge in [0, 0.05) is 16.0 Å². The standard InChI is InChI=1S/C25H29ClO5/c1-25(2,3)11-10-15-4-6-16(7-5-15)12-18-13-17(8-9-19(18)26)24-23(30)22(29)21(28)20(14-27)31-24/h4-9,13,20-24,27-30H,12,14H2,1-3H3/t20?,21-,22+,23-,24+/m1/s1. The normalized spacial score (nSPS) is 26.3. The van der Waals surface area contributed by atoms with Crippen molar-refractivity contribution < 1.29 is 25.2 Å². The van der Waals surface area contributed by atoms with Crippen LogP contribution in [0.1, 0.15) is 49.1 Å². The minimum Gasteiger partial charge on any atom is -0.394 e. The highest BCUT2D eigenvalue weighted by Gasteiger charge is 2.44. The molecule has 1 aliphatic rings. The summed E-state index contributed by atoms with van der Waals surface area (Å²) in [6.45, 7) is 5.74. The van der Waals surface area contributed by atoms with Crippen LogP contribution in [-0.2, 0) is 11.2 Å². The van der Waals surface area contributed by atoms with Crippen LogP contribution in [0.3, 0.4) is 0 Å². The molecular weight excluding hydrogens is 416 g/mol. The van der Waals surface area contributed by atoms with Gasteiger partial charge in [-0.2, -0.15) is 0 Å². The van der Waals surface area contributed by atoms with Gasteiger partial charge in [-0.25, -0.2) is 0 Å². The molecule has 0 amide bonds. The molecule has 1 heterocycles. The van der Waals surface area contributed by atoms with Gasteiger partial charge in [-0.1, -0.05) is 47.7 Å². The van der Waals surface area contributed by atoms with Crippen molar-refractivity contribution in [2.24, 2.45) is 5.41 Å². The summed E-state index contributed by atoms with van der Waals surface area (Å²) >= 11 is 6.41. The van der Waals surface area contributed by atoms with E-state index >= 15 is 0 Å². The van der Waals surface area contributed by atoms with Crippen LogP contribution in [0.25, 0.3) is 0 Å². The summed E-state index contributed by atoms with van der Waals surface area (Å²) in [6.07, 6.45) is -5.41. The van der Waals surface area contributed by atoms with E-state index in [1.807, 2.05) is 30.3 Å². The lowest BCUT2D eigenvalue weighted by Crippen LogP contribution is -2.55. The first-order valence-electron chi connectivity index (χ1n) is 10.3. The molecule has 0 aromatic heterocycles. The highest BCUT2D eigenvalue weighted by atomic mass is 35.5. The fraction of sp³-hybridized carbons (Fsp3) is 0.440. The molecule has 1 aliphatic heterocycles. The molecule has 5 nitrogen and oxygen atoms in total. The van der Waals surface area contributed by atoms with Crippen LogP contribution in [-0.4, -0.2) is 51.4 Å². The summed E-state index contributed by atoms with van der Waals surface area (Å²) in [6, 6.07) is 13.2. The Morgan fingerprint density at radius 1 is 0.968 bits per heavy atom. The Kier molecular flexibility index (Phi) is 7.43. The highest BCUT2D eigenvalue weighted by Crippen LogP contribution is 2.34. The van der Waals surface area contributed by atoms with Crippen LogP contribution in [0.5, 0.6) is 0 Å². The van der Waals surface area contributed by atoms with E-state index in [2.05, 4.69) is 32.6 Å². The molecule has 4 N–H and O–H groups in total. The minimum atomic E-state index is -1.42. The fourth-order valence-corrected chi connectivity index (χ4v) is 3.65. The van der Waals surface area contributed by atoms with E-state index in [0.717, 1.165) is 16.7 Å². The minimum absolute atomic E-state index is 0.0585. The molecule has 0 radical (unpaired) electrons. The molecule has 3 rings (SSSR count). The Hall–Kier alpha value is -1.91. The average Bonchev–Trinajstić information content (AvgIpc) is 2.73.